The predicted molar refractivity (Wildman–Crippen MR) is 57.2 cm³/mol. The first-order valence-electron chi connectivity index (χ1n) is 4.95. The van der Waals surface area contributed by atoms with Crippen molar-refractivity contribution in [3.63, 3.8) is 0 Å². The smallest absolute Gasteiger partial charge is 0.0163 e. The second kappa shape index (κ2) is 8.32. The summed E-state index contributed by atoms with van der Waals surface area (Å²) in [5, 5.41) is 0. The quantitative estimate of drug-likeness (QED) is 0.572. The molecule has 0 amide bonds. The molecule has 0 fully saturated rings. The van der Waals surface area contributed by atoms with Crippen LogP contribution in [0.5, 0.6) is 0 Å². The Morgan fingerprint density at radius 3 is 2.67 bits per heavy atom. The molecule has 0 atom stereocenters. The summed E-state index contributed by atoms with van der Waals surface area (Å²) < 4.78 is 0. The van der Waals surface area contributed by atoms with Gasteiger partial charge in [0.1, 0.15) is 0 Å². The van der Waals surface area contributed by atoms with E-state index in [1.807, 2.05) is 13.8 Å². The van der Waals surface area contributed by atoms with Crippen molar-refractivity contribution in [3.8, 4) is 0 Å². The SMILES string of the molecule is CC.CCCC1=CC=CCC=C1. The third kappa shape index (κ3) is 4.95. The van der Waals surface area contributed by atoms with E-state index in [9.17, 15) is 0 Å². The molecule has 0 saturated carbocycles. The van der Waals surface area contributed by atoms with Gasteiger partial charge in [-0.3, -0.25) is 0 Å². The van der Waals surface area contributed by atoms with Gasteiger partial charge >= 0.3 is 0 Å². The zero-order chi connectivity index (χ0) is 9.23. The van der Waals surface area contributed by atoms with Gasteiger partial charge in [-0.15, -0.1) is 0 Å². The van der Waals surface area contributed by atoms with Crippen LogP contribution in [0.2, 0.25) is 0 Å². The van der Waals surface area contributed by atoms with E-state index < -0.39 is 0 Å². The molecule has 0 heteroatoms. The summed E-state index contributed by atoms with van der Waals surface area (Å²) in [6, 6.07) is 0. The number of hydrogen-bond donors (Lipinski definition) is 0. The lowest BCUT2D eigenvalue weighted by Crippen LogP contribution is -1.74. The molecule has 0 radical (unpaired) electrons. The summed E-state index contributed by atoms with van der Waals surface area (Å²) in [6.45, 7) is 6.21. The molecule has 68 valence electrons. The maximum absolute atomic E-state index is 2.23. The molecule has 1 rings (SSSR count). The Hall–Kier alpha value is -0.780. The molecular formula is C12H20. The van der Waals surface area contributed by atoms with Crippen LogP contribution >= 0.6 is 0 Å². The first-order valence-corrected chi connectivity index (χ1v) is 4.95. The maximum atomic E-state index is 2.23. The van der Waals surface area contributed by atoms with Crippen LogP contribution < -0.4 is 0 Å². The predicted octanol–water partition coefficient (Wildman–Crippen LogP) is 4.26. The fourth-order valence-electron chi connectivity index (χ4n) is 1.08. The van der Waals surface area contributed by atoms with Crippen molar-refractivity contribution >= 4 is 0 Å². The second-order valence-corrected chi connectivity index (χ2v) is 2.56. The summed E-state index contributed by atoms with van der Waals surface area (Å²) in [7, 11) is 0. The summed E-state index contributed by atoms with van der Waals surface area (Å²) in [4.78, 5) is 0. The van der Waals surface area contributed by atoms with E-state index in [0.29, 0.717) is 0 Å². The zero-order valence-electron chi connectivity index (χ0n) is 8.51. The molecule has 1 aliphatic rings. The minimum atomic E-state index is 1.09. The van der Waals surface area contributed by atoms with Crippen LogP contribution in [-0.2, 0) is 0 Å². The van der Waals surface area contributed by atoms with Crippen molar-refractivity contribution in [3.05, 3.63) is 36.0 Å². The monoisotopic (exact) mass is 164 g/mol. The van der Waals surface area contributed by atoms with Crippen molar-refractivity contribution in [2.45, 2.75) is 40.0 Å². The van der Waals surface area contributed by atoms with E-state index in [1.54, 1.807) is 0 Å². The van der Waals surface area contributed by atoms with Crippen LogP contribution in [0.1, 0.15) is 40.0 Å². The van der Waals surface area contributed by atoms with Crippen molar-refractivity contribution in [2.24, 2.45) is 0 Å². The Morgan fingerprint density at radius 1 is 1.25 bits per heavy atom. The highest BCUT2D eigenvalue weighted by Gasteiger charge is 1.89. The molecule has 0 aromatic carbocycles. The van der Waals surface area contributed by atoms with Crippen LogP contribution in [0.25, 0.3) is 0 Å². The van der Waals surface area contributed by atoms with E-state index in [-0.39, 0.29) is 0 Å². The Bertz CT molecular complexity index is 170. The highest BCUT2D eigenvalue weighted by atomic mass is 14.0. The molecule has 0 aromatic heterocycles. The van der Waals surface area contributed by atoms with Gasteiger partial charge in [0.2, 0.25) is 0 Å². The largest absolute Gasteiger partial charge is 0.0807 e. The molecule has 0 saturated heterocycles. The van der Waals surface area contributed by atoms with Gasteiger partial charge in [-0.05, 0) is 18.4 Å². The van der Waals surface area contributed by atoms with Crippen molar-refractivity contribution in [2.75, 3.05) is 0 Å². The van der Waals surface area contributed by atoms with Crippen molar-refractivity contribution in [1.29, 1.82) is 0 Å². The first-order chi connectivity index (χ1) is 5.93. The van der Waals surface area contributed by atoms with Crippen LogP contribution in [-0.4, -0.2) is 0 Å². The molecule has 0 N–H and O–H groups in total. The number of allylic oxidation sites excluding steroid dienone is 6. The van der Waals surface area contributed by atoms with Crippen LogP contribution in [0, 0.1) is 0 Å². The highest BCUT2D eigenvalue weighted by molar-refractivity contribution is 5.26. The molecule has 0 heterocycles. The summed E-state index contributed by atoms with van der Waals surface area (Å²) >= 11 is 0. The van der Waals surface area contributed by atoms with Gasteiger partial charge in [0.15, 0.2) is 0 Å². The normalized spacial score (nSPS) is 14.4. The molecular weight excluding hydrogens is 144 g/mol. The zero-order valence-corrected chi connectivity index (χ0v) is 8.51. The van der Waals surface area contributed by atoms with Gasteiger partial charge < -0.3 is 0 Å². The Labute approximate surface area is 76.7 Å². The fraction of sp³-hybridized carbons (Fsp3) is 0.500. The highest BCUT2D eigenvalue weighted by Crippen LogP contribution is 2.09. The van der Waals surface area contributed by atoms with Gasteiger partial charge in [-0.25, -0.2) is 0 Å². The molecule has 0 spiro atoms. The lowest BCUT2D eigenvalue weighted by Gasteiger charge is -1.94. The molecule has 0 aromatic rings. The third-order valence-corrected chi connectivity index (χ3v) is 1.59. The molecule has 0 nitrogen and oxygen atoms in total. The Morgan fingerprint density at radius 2 is 2.00 bits per heavy atom. The minimum absolute atomic E-state index is 1.09. The molecule has 12 heavy (non-hydrogen) atoms. The van der Waals surface area contributed by atoms with Crippen molar-refractivity contribution < 1.29 is 0 Å². The van der Waals surface area contributed by atoms with Crippen LogP contribution in [0.4, 0.5) is 0 Å². The van der Waals surface area contributed by atoms with Gasteiger partial charge in [0.05, 0.1) is 0 Å². The molecule has 1 aliphatic carbocycles. The van der Waals surface area contributed by atoms with Gasteiger partial charge in [-0.2, -0.15) is 0 Å². The van der Waals surface area contributed by atoms with E-state index in [2.05, 4.69) is 37.3 Å². The molecule has 0 aliphatic heterocycles. The Balaban J connectivity index is 0.000000561. The summed E-state index contributed by atoms with van der Waals surface area (Å²) in [5.41, 5.74) is 1.45. The first kappa shape index (κ1) is 11.2. The van der Waals surface area contributed by atoms with Gasteiger partial charge in [0.25, 0.3) is 0 Å². The maximum Gasteiger partial charge on any atom is -0.0163 e. The standard InChI is InChI=1S/C10H14.C2H6/c1-2-7-10-8-5-3-4-6-9-10;1-2/h3,5-6,8-9H,2,4,7H2,1H3;1-2H3. The fourth-order valence-corrected chi connectivity index (χ4v) is 1.08. The Kier molecular flexibility index (Phi) is 7.78. The molecule has 0 bridgehead atoms. The topological polar surface area (TPSA) is 0 Å². The average Bonchev–Trinajstić information content (AvgIpc) is 2.37. The summed E-state index contributed by atoms with van der Waals surface area (Å²) in [6.07, 6.45) is 14.5. The molecule has 0 unspecified atom stereocenters. The van der Waals surface area contributed by atoms with E-state index >= 15 is 0 Å². The number of hydrogen-bond acceptors (Lipinski definition) is 0. The lowest BCUT2D eigenvalue weighted by molar-refractivity contribution is 0.926. The van der Waals surface area contributed by atoms with Crippen LogP contribution in [0.3, 0.4) is 0 Å². The number of rotatable bonds is 2. The van der Waals surface area contributed by atoms with Gasteiger partial charge in [-0.1, -0.05) is 57.6 Å². The second-order valence-electron chi connectivity index (χ2n) is 2.56. The minimum Gasteiger partial charge on any atom is -0.0807 e. The lowest BCUT2D eigenvalue weighted by atomic mass is 10.1. The summed E-state index contributed by atoms with van der Waals surface area (Å²) in [5.74, 6) is 0. The van der Waals surface area contributed by atoms with E-state index in [1.165, 1.54) is 18.4 Å². The van der Waals surface area contributed by atoms with E-state index in [4.69, 9.17) is 0 Å². The average molecular weight is 164 g/mol. The van der Waals surface area contributed by atoms with Crippen LogP contribution in [0.15, 0.2) is 36.0 Å². The van der Waals surface area contributed by atoms with E-state index in [0.717, 1.165) is 6.42 Å². The third-order valence-electron chi connectivity index (χ3n) is 1.59. The van der Waals surface area contributed by atoms with Gasteiger partial charge in [0, 0.05) is 0 Å². The van der Waals surface area contributed by atoms with Crippen molar-refractivity contribution in [1.82, 2.24) is 0 Å².